The van der Waals surface area contributed by atoms with E-state index in [0.29, 0.717) is 32.2 Å². The Balaban J connectivity index is 1.92. The van der Waals surface area contributed by atoms with Crippen molar-refractivity contribution in [1.29, 1.82) is 0 Å². The SMILES string of the molecule is Cc1c([C@@H](CC(C)C)NS(=O)(=O)CCCCCN2CC(=O)NC2=O)noc1OCC(F)(F)F. The first-order valence-electron chi connectivity index (χ1n) is 10.5. The van der Waals surface area contributed by atoms with E-state index in [-0.39, 0.29) is 35.4 Å². The van der Waals surface area contributed by atoms with Gasteiger partial charge < -0.3 is 14.2 Å². The molecule has 2 N–H and O–H groups in total. The standard InChI is InChI=1S/C19H29F3N4O6S/c1-12(2)9-14(16-13(3)17(32-24-16)31-11-19(20,21)22)25-33(29,30)8-6-4-5-7-26-10-15(27)23-18(26)28/h12,14,25H,4-11H2,1-3H3,(H,23,27,28)/t14-/m1/s1. The summed E-state index contributed by atoms with van der Waals surface area (Å²) in [7, 11) is -3.74. The van der Waals surface area contributed by atoms with Crippen molar-refractivity contribution < 1.29 is 40.4 Å². The number of hydrogen-bond donors (Lipinski definition) is 2. The van der Waals surface area contributed by atoms with Crippen LogP contribution in [0.5, 0.6) is 5.95 Å². The van der Waals surface area contributed by atoms with E-state index >= 15 is 0 Å². The Labute approximate surface area is 190 Å². The van der Waals surface area contributed by atoms with Crippen molar-refractivity contribution in [1.82, 2.24) is 20.1 Å². The van der Waals surface area contributed by atoms with Crippen LogP contribution in [0.15, 0.2) is 4.52 Å². The van der Waals surface area contributed by atoms with Crippen LogP contribution in [0.25, 0.3) is 0 Å². The summed E-state index contributed by atoms with van der Waals surface area (Å²) in [6.07, 6.45) is -2.82. The zero-order valence-corrected chi connectivity index (χ0v) is 19.5. The number of unbranched alkanes of at least 4 members (excludes halogenated alkanes) is 2. The number of hydrogen-bond acceptors (Lipinski definition) is 7. The highest BCUT2D eigenvalue weighted by Gasteiger charge is 2.32. The second-order valence-electron chi connectivity index (χ2n) is 8.34. The number of aromatic nitrogens is 1. The molecule has 1 aromatic heterocycles. The minimum absolute atomic E-state index is 0.00128. The smallest absolute Gasteiger partial charge is 0.422 e. The summed E-state index contributed by atoms with van der Waals surface area (Å²) in [5.41, 5.74) is 0.375. The van der Waals surface area contributed by atoms with Gasteiger partial charge in [0.1, 0.15) is 12.2 Å². The molecule has 0 radical (unpaired) electrons. The Morgan fingerprint density at radius 2 is 1.94 bits per heavy atom. The molecule has 2 rings (SSSR count). The average Bonchev–Trinajstić information content (AvgIpc) is 3.19. The fourth-order valence-corrected chi connectivity index (χ4v) is 4.68. The zero-order valence-electron chi connectivity index (χ0n) is 18.7. The molecule has 3 amide bonds. The Morgan fingerprint density at radius 3 is 2.52 bits per heavy atom. The number of carbonyl (C=O) groups excluding carboxylic acids is 2. The molecule has 0 aromatic carbocycles. The maximum Gasteiger partial charge on any atom is 0.422 e. The number of sulfonamides is 1. The number of alkyl halides is 3. The van der Waals surface area contributed by atoms with Gasteiger partial charge in [0.25, 0.3) is 0 Å². The zero-order chi connectivity index (χ0) is 24.8. The molecule has 1 fully saturated rings. The van der Waals surface area contributed by atoms with Crippen LogP contribution in [-0.2, 0) is 14.8 Å². The van der Waals surface area contributed by atoms with E-state index in [2.05, 4.69) is 19.9 Å². The van der Waals surface area contributed by atoms with Gasteiger partial charge in [0.2, 0.25) is 15.9 Å². The van der Waals surface area contributed by atoms with Gasteiger partial charge in [-0.25, -0.2) is 17.9 Å². The first kappa shape index (κ1) is 26.9. The van der Waals surface area contributed by atoms with Gasteiger partial charge in [-0.3, -0.25) is 10.1 Å². The van der Waals surface area contributed by atoms with E-state index in [1.165, 1.54) is 11.8 Å². The number of carbonyl (C=O) groups is 2. The van der Waals surface area contributed by atoms with E-state index < -0.39 is 40.8 Å². The lowest BCUT2D eigenvalue weighted by molar-refractivity contribution is -0.156. The molecule has 33 heavy (non-hydrogen) atoms. The number of nitrogens with zero attached hydrogens (tertiary/aromatic N) is 2. The maximum absolute atomic E-state index is 12.6. The Kier molecular flexibility index (Phi) is 9.12. The van der Waals surface area contributed by atoms with Crippen molar-refractivity contribution in [3.05, 3.63) is 11.3 Å². The first-order valence-corrected chi connectivity index (χ1v) is 12.2. The number of nitrogens with one attached hydrogen (secondary N) is 2. The summed E-state index contributed by atoms with van der Waals surface area (Å²) >= 11 is 0. The van der Waals surface area contributed by atoms with Gasteiger partial charge in [0.15, 0.2) is 6.61 Å². The maximum atomic E-state index is 12.6. The number of urea groups is 1. The minimum Gasteiger partial charge on any atom is -0.454 e. The van der Waals surface area contributed by atoms with Crippen molar-refractivity contribution in [3.8, 4) is 5.95 Å². The summed E-state index contributed by atoms with van der Waals surface area (Å²) in [4.78, 5) is 24.0. The van der Waals surface area contributed by atoms with Gasteiger partial charge in [-0.05, 0) is 32.1 Å². The van der Waals surface area contributed by atoms with Gasteiger partial charge >= 0.3 is 18.2 Å². The predicted octanol–water partition coefficient (Wildman–Crippen LogP) is 2.65. The highest BCUT2D eigenvalue weighted by Crippen LogP contribution is 2.31. The molecule has 188 valence electrons. The first-order chi connectivity index (χ1) is 15.3. The molecular formula is C19H29F3N4O6S. The Hall–Kier alpha value is -2.35. The van der Waals surface area contributed by atoms with Gasteiger partial charge in [-0.1, -0.05) is 25.4 Å². The van der Waals surface area contributed by atoms with E-state index in [0.717, 1.165) is 0 Å². The third kappa shape index (κ3) is 8.84. The normalized spacial score (nSPS) is 15.9. The molecule has 10 nitrogen and oxygen atoms in total. The van der Waals surface area contributed by atoms with Gasteiger partial charge in [0.05, 0.1) is 17.4 Å². The van der Waals surface area contributed by atoms with Crippen molar-refractivity contribution in [2.45, 2.75) is 58.7 Å². The van der Waals surface area contributed by atoms with Crippen molar-refractivity contribution in [2.75, 3.05) is 25.4 Å². The molecule has 1 aromatic rings. The lowest BCUT2D eigenvalue weighted by Gasteiger charge is -2.19. The number of ether oxygens (including phenoxy) is 1. The topological polar surface area (TPSA) is 131 Å². The number of rotatable bonds is 13. The summed E-state index contributed by atoms with van der Waals surface area (Å²) in [6.45, 7) is 4.00. The van der Waals surface area contributed by atoms with Crippen LogP contribution in [0, 0.1) is 12.8 Å². The van der Waals surface area contributed by atoms with Crippen LogP contribution in [-0.4, -0.2) is 62.0 Å². The fourth-order valence-electron chi connectivity index (χ4n) is 3.34. The minimum atomic E-state index is -4.55. The summed E-state index contributed by atoms with van der Waals surface area (Å²) < 4.78 is 74.5. The molecule has 1 saturated heterocycles. The molecule has 2 heterocycles. The highest BCUT2D eigenvalue weighted by atomic mass is 32.2. The molecule has 0 saturated carbocycles. The molecule has 0 aliphatic carbocycles. The summed E-state index contributed by atoms with van der Waals surface area (Å²) in [5, 5.41) is 5.93. The van der Waals surface area contributed by atoms with Gasteiger partial charge in [-0.2, -0.15) is 13.2 Å². The van der Waals surface area contributed by atoms with Crippen LogP contribution in [0.2, 0.25) is 0 Å². The number of amides is 3. The highest BCUT2D eigenvalue weighted by molar-refractivity contribution is 7.89. The van der Waals surface area contributed by atoms with Crippen molar-refractivity contribution in [2.24, 2.45) is 5.92 Å². The molecule has 1 aliphatic rings. The van der Waals surface area contributed by atoms with Crippen LogP contribution < -0.4 is 14.8 Å². The molecule has 1 aliphatic heterocycles. The molecule has 0 unspecified atom stereocenters. The number of halogens is 3. The van der Waals surface area contributed by atoms with E-state index in [9.17, 15) is 31.2 Å². The molecular weight excluding hydrogens is 469 g/mol. The summed E-state index contributed by atoms with van der Waals surface area (Å²) in [6, 6.07) is -1.24. The Morgan fingerprint density at radius 1 is 1.24 bits per heavy atom. The van der Waals surface area contributed by atoms with E-state index in [1.807, 2.05) is 13.8 Å². The fraction of sp³-hybridized carbons (Fsp3) is 0.737. The molecule has 0 bridgehead atoms. The van der Waals surface area contributed by atoms with Crippen LogP contribution >= 0.6 is 0 Å². The van der Waals surface area contributed by atoms with Gasteiger partial charge in [-0.15, -0.1) is 0 Å². The molecule has 0 spiro atoms. The monoisotopic (exact) mass is 498 g/mol. The van der Waals surface area contributed by atoms with E-state index in [1.54, 1.807) is 0 Å². The van der Waals surface area contributed by atoms with Crippen LogP contribution in [0.4, 0.5) is 18.0 Å². The van der Waals surface area contributed by atoms with Crippen molar-refractivity contribution in [3.63, 3.8) is 0 Å². The Bertz CT molecular complexity index is 932. The second-order valence-corrected chi connectivity index (χ2v) is 10.2. The molecule has 1 atom stereocenters. The third-order valence-corrected chi connectivity index (χ3v) is 6.32. The number of imide groups is 1. The molecule has 14 heteroatoms. The van der Waals surface area contributed by atoms with Crippen LogP contribution in [0.3, 0.4) is 0 Å². The quantitative estimate of drug-likeness (QED) is 0.316. The largest absolute Gasteiger partial charge is 0.454 e. The van der Waals surface area contributed by atoms with Gasteiger partial charge in [0, 0.05) is 6.54 Å². The third-order valence-electron chi connectivity index (χ3n) is 4.85. The average molecular weight is 499 g/mol. The second kappa shape index (κ2) is 11.2. The predicted molar refractivity (Wildman–Crippen MR) is 111 cm³/mol. The summed E-state index contributed by atoms with van der Waals surface area (Å²) in [5.74, 6) is -0.887. The van der Waals surface area contributed by atoms with E-state index in [4.69, 9.17) is 4.52 Å². The lowest BCUT2D eigenvalue weighted by Crippen LogP contribution is -2.32. The lowest BCUT2D eigenvalue weighted by atomic mass is 10.00. The van der Waals surface area contributed by atoms with Crippen molar-refractivity contribution >= 4 is 22.0 Å². The van der Waals surface area contributed by atoms with Crippen LogP contribution in [0.1, 0.15) is 56.8 Å².